The van der Waals surface area contributed by atoms with Crippen molar-refractivity contribution in [2.75, 3.05) is 20.8 Å². The Bertz CT molecular complexity index is 977. The Kier molecular flexibility index (Phi) is 8.06. The fourth-order valence-electron chi connectivity index (χ4n) is 4.90. The van der Waals surface area contributed by atoms with Crippen LogP contribution in [0.2, 0.25) is 0 Å². The van der Waals surface area contributed by atoms with Gasteiger partial charge in [-0.15, -0.1) is 0 Å². The molecule has 4 atom stereocenters. The van der Waals surface area contributed by atoms with E-state index in [9.17, 15) is 9.59 Å². The second-order valence-corrected chi connectivity index (χ2v) is 12.4. The van der Waals surface area contributed by atoms with E-state index in [-0.39, 0.29) is 18.1 Å². The van der Waals surface area contributed by atoms with E-state index in [1.807, 2.05) is 33.8 Å². The number of nitrogens with zero attached hydrogens (tertiary/aromatic N) is 2. The van der Waals surface area contributed by atoms with Crippen molar-refractivity contribution in [2.24, 2.45) is 10.6 Å². The molecule has 0 aromatic rings. The van der Waals surface area contributed by atoms with Crippen molar-refractivity contribution >= 4 is 29.3 Å². The van der Waals surface area contributed by atoms with E-state index >= 15 is 0 Å². The Morgan fingerprint density at radius 3 is 2.47 bits per heavy atom. The fourth-order valence-corrected chi connectivity index (χ4v) is 5.17. The van der Waals surface area contributed by atoms with Crippen molar-refractivity contribution in [1.82, 2.24) is 10.2 Å². The number of carbonyl (C=O) groups is 2. The molecule has 0 bridgehead atoms. The summed E-state index contributed by atoms with van der Waals surface area (Å²) >= 11 is 6.43. The van der Waals surface area contributed by atoms with Gasteiger partial charge >= 0.3 is 6.09 Å². The summed E-state index contributed by atoms with van der Waals surface area (Å²) in [5, 5.41) is 7.77. The number of nitrogens with one attached hydrogen (secondary N) is 1. The quantitative estimate of drug-likeness (QED) is 0.567. The number of rotatable bonds is 5. The first-order valence-electron chi connectivity index (χ1n) is 12.3. The third-order valence-electron chi connectivity index (χ3n) is 6.66. The number of ether oxygens (including phenoxy) is 3. The zero-order valence-electron chi connectivity index (χ0n) is 22.9. The van der Waals surface area contributed by atoms with Crippen molar-refractivity contribution in [3.05, 3.63) is 22.4 Å². The summed E-state index contributed by atoms with van der Waals surface area (Å²) in [4.78, 5) is 34.0. The molecule has 2 aliphatic heterocycles. The third-order valence-corrected chi connectivity index (χ3v) is 7.01. The monoisotopic (exact) mass is 525 g/mol. The summed E-state index contributed by atoms with van der Waals surface area (Å²) in [5.74, 6) is 0.564. The number of carbonyl (C=O) groups excluding carboxylic acids is 2. The van der Waals surface area contributed by atoms with Gasteiger partial charge in [0.05, 0.1) is 25.5 Å². The second-order valence-electron chi connectivity index (χ2n) is 12.0. The first kappa shape index (κ1) is 28.3. The van der Waals surface area contributed by atoms with E-state index < -0.39 is 28.8 Å². The van der Waals surface area contributed by atoms with Crippen LogP contribution < -0.4 is 5.32 Å². The Hall–Kier alpha value is -2.26. The number of methoxy groups -OCH3 is 2. The average molecular weight is 526 g/mol. The largest absolute Gasteiger partial charge is 0.500 e. The SMILES string of the molecule is COC1=C(C2=NO[C@]3(C2)C[C@@H](C)N(C(=O)[C@@H](NC(=O)OC(C)(C)C)C(C)(C)C)C3)C=C(Cl)C(OC)C1. The van der Waals surface area contributed by atoms with Gasteiger partial charge in [-0.2, -0.15) is 0 Å². The van der Waals surface area contributed by atoms with E-state index in [1.165, 1.54) is 0 Å². The summed E-state index contributed by atoms with van der Waals surface area (Å²) in [6.45, 7) is 13.5. The van der Waals surface area contributed by atoms with Crippen LogP contribution >= 0.6 is 11.6 Å². The summed E-state index contributed by atoms with van der Waals surface area (Å²) in [7, 11) is 3.22. The molecule has 10 heteroatoms. The van der Waals surface area contributed by atoms with Gasteiger partial charge in [0.15, 0.2) is 5.60 Å². The van der Waals surface area contributed by atoms with Gasteiger partial charge in [-0.05, 0) is 39.2 Å². The highest BCUT2D eigenvalue weighted by Crippen LogP contribution is 2.41. The lowest BCUT2D eigenvalue weighted by atomic mass is 9.85. The van der Waals surface area contributed by atoms with Crippen LogP contribution in [0.3, 0.4) is 0 Å². The first-order chi connectivity index (χ1) is 16.6. The molecule has 202 valence electrons. The normalized spacial score (nSPS) is 27.4. The number of hydrogen-bond acceptors (Lipinski definition) is 7. The number of oxime groups is 1. The summed E-state index contributed by atoms with van der Waals surface area (Å²) < 4.78 is 16.5. The van der Waals surface area contributed by atoms with Crippen molar-refractivity contribution < 1.29 is 28.6 Å². The van der Waals surface area contributed by atoms with Gasteiger partial charge in [-0.25, -0.2) is 4.79 Å². The molecule has 9 nitrogen and oxygen atoms in total. The molecular formula is C26H40ClN3O6. The van der Waals surface area contributed by atoms with Crippen LogP contribution in [-0.2, 0) is 23.8 Å². The molecule has 1 spiro atoms. The molecule has 1 unspecified atom stereocenters. The van der Waals surface area contributed by atoms with Crippen molar-refractivity contribution in [1.29, 1.82) is 0 Å². The molecule has 1 saturated heterocycles. The van der Waals surface area contributed by atoms with Gasteiger partial charge in [0, 0.05) is 43.0 Å². The molecule has 0 aromatic heterocycles. The molecule has 0 saturated carbocycles. The van der Waals surface area contributed by atoms with E-state index in [2.05, 4.69) is 10.5 Å². The molecule has 1 fully saturated rings. The van der Waals surface area contributed by atoms with Gasteiger partial charge in [0.2, 0.25) is 5.91 Å². The molecule has 3 aliphatic rings. The molecule has 1 aliphatic carbocycles. The van der Waals surface area contributed by atoms with Gasteiger partial charge < -0.3 is 29.3 Å². The average Bonchev–Trinajstić information content (AvgIpc) is 3.31. The van der Waals surface area contributed by atoms with Crippen LogP contribution in [0.1, 0.15) is 67.7 Å². The van der Waals surface area contributed by atoms with E-state index in [0.29, 0.717) is 30.8 Å². The number of allylic oxidation sites excluding steroid dienone is 2. The summed E-state index contributed by atoms with van der Waals surface area (Å²) in [5.41, 5.74) is -0.309. The fraction of sp³-hybridized carbons (Fsp3) is 0.731. The number of alkyl carbamates (subject to hydrolysis) is 1. The number of amides is 2. The molecule has 3 rings (SSSR count). The number of likely N-dealkylation sites (tertiary alicyclic amines) is 1. The molecule has 0 radical (unpaired) electrons. The minimum absolute atomic E-state index is 0.100. The number of hydrogen-bond donors (Lipinski definition) is 1. The highest BCUT2D eigenvalue weighted by atomic mass is 35.5. The Morgan fingerprint density at radius 2 is 1.92 bits per heavy atom. The summed E-state index contributed by atoms with van der Waals surface area (Å²) in [6, 6.07) is -0.864. The molecule has 36 heavy (non-hydrogen) atoms. The van der Waals surface area contributed by atoms with Gasteiger partial charge in [0.25, 0.3) is 0 Å². The van der Waals surface area contributed by atoms with Crippen LogP contribution in [0.15, 0.2) is 27.6 Å². The minimum atomic E-state index is -0.763. The highest BCUT2D eigenvalue weighted by molar-refractivity contribution is 6.31. The Morgan fingerprint density at radius 1 is 1.25 bits per heavy atom. The zero-order chi connectivity index (χ0) is 27.1. The second kappa shape index (κ2) is 10.2. The van der Waals surface area contributed by atoms with Crippen molar-refractivity contribution in [3.63, 3.8) is 0 Å². The molecular weight excluding hydrogens is 486 g/mol. The lowest BCUT2D eigenvalue weighted by Gasteiger charge is -2.35. The Labute approximate surface area is 219 Å². The predicted molar refractivity (Wildman–Crippen MR) is 138 cm³/mol. The van der Waals surface area contributed by atoms with Crippen molar-refractivity contribution in [3.8, 4) is 0 Å². The maximum absolute atomic E-state index is 13.7. The van der Waals surface area contributed by atoms with Crippen molar-refractivity contribution in [2.45, 2.75) is 97.1 Å². The zero-order valence-corrected chi connectivity index (χ0v) is 23.6. The van der Waals surface area contributed by atoms with E-state index in [1.54, 1.807) is 39.9 Å². The first-order valence-corrected chi connectivity index (χ1v) is 12.7. The highest BCUT2D eigenvalue weighted by Gasteiger charge is 2.52. The Balaban J connectivity index is 1.76. The lowest BCUT2D eigenvalue weighted by molar-refractivity contribution is -0.137. The van der Waals surface area contributed by atoms with E-state index in [0.717, 1.165) is 17.0 Å². The maximum Gasteiger partial charge on any atom is 0.408 e. The lowest BCUT2D eigenvalue weighted by Crippen LogP contribution is -2.56. The standard InChI is InChI=1S/C26H40ClN3O6/c1-15-12-26(13-18(29-36-26)16-10-17(27)20(34-9)11-19(16)33-8)14-30(15)22(31)21(24(2,3)4)28-23(32)35-25(5,6)7/h10,15,20-21H,11-14H2,1-9H3,(H,28,32)/t15-,20?,21-,26+/m1/s1. The maximum atomic E-state index is 13.7. The van der Waals surface area contributed by atoms with Gasteiger partial charge in [-0.1, -0.05) is 37.5 Å². The van der Waals surface area contributed by atoms with Crippen LogP contribution in [0.25, 0.3) is 0 Å². The topological polar surface area (TPSA) is 98.7 Å². The van der Waals surface area contributed by atoms with Crippen LogP contribution in [-0.4, -0.2) is 72.8 Å². The van der Waals surface area contributed by atoms with Gasteiger partial charge in [-0.3, -0.25) is 4.79 Å². The smallest absolute Gasteiger partial charge is 0.408 e. The summed E-state index contributed by atoms with van der Waals surface area (Å²) in [6.07, 6.45) is 2.59. The van der Waals surface area contributed by atoms with E-state index in [4.69, 9.17) is 30.6 Å². The molecule has 1 N–H and O–H groups in total. The molecule has 2 amide bonds. The van der Waals surface area contributed by atoms with Crippen LogP contribution in [0.5, 0.6) is 0 Å². The van der Waals surface area contributed by atoms with Gasteiger partial charge in [0.1, 0.15) is 17.4 Å². The third kappa shape index (κ3) is 6.17. The van der Waals surface area contributed by atoms with Crippen LogP contribution in [0.4, 0.5) is 4.79 Å². The number of halogens is 1. The molecule has 2 heterocycles. The molecule has 0 aromatic carbocycles. The minimum Gasteiger partial charge on any atom is -0.500 e. The van der Waals surface area contributed by atoms with Crippen LogP contribution in [0, 0.1) is 5.41 Å². The predicted octanol–water partition coefficient (Wildman–Crippen LogP) is 4.50.